The van der Waals surface area contributed by atoms with E-state index in [4.69, 9.17) is 5.73 Å². The second-order valence-corrected chi connectivity index (χ2v) is 5.26. The van der Waals surface area contributed by atoms with Crippen molar-refractivity contribution in [3.05, 3.63) is 65.7 Å². The summed E-state index contributed by atoms with van der Waals surface area (Å²) in [7, 11) is 0. The molecule has 0 heterocycles. The summed E-state index contributed by atoms with van der Waals surface area (Å²) in [5.41, 5.74) is 6.84. The first kappa shape index (κ1) is 17.9. The van der Waals surface area contributed by atoms with Gasteiger partial charge in [0.1, 0.15) is 5.75 Å². The summed E-state index contributed by atoms with van der Waals surface area (Å²) in [5, 5.41) is 0. The summed E-state index contributed by atoms with van der Waals surface area (Å²) in [6.07, 6.45) is 0.659. The summed E-state index contributed by atoms with van der Waals surface area (Å²) in [5.74, 6) is -0.277. The van der Waals surface area contributed by atoms with Crippen LogP contribution in [0.4, 0.5) is 8.78 Å². The number of hydrogen-bond acceptors (Lipinski definition) is 3. The van der Waals surface area contributed by atoms with E-state index in [0.29, 0.717) is 31.6 Å². The number of nitrogens with two attached hydrogens (primary N) is 1. The van der Waals surface area contributed by atoms with Crippen LogP contribution in [-0.2, 0) is 6.54 Å². The Morgan fingerprint density at radius 1 is 1.12 bits per heavy atom. The van der Waals surface area contributed by atoms with Gasteiger partial charge >= 0.3 is 6.61 Å². The molecule has 2 aromatic rings. The van der Waals surface area contributed by atoms with Gasteiger partial charge in [-0.1, -0.05) is 36.4 Å². The van der Waals surface area contributed by atoms with Crippen molar-refractivity contribution >= 4 is 5.91 Å². The largest absolute Gasteiger partial charge is 0.435 e. The normalized spacial score (nSPS) is 10.7. The molecule has 4 nitrogen and oxygen atoms in total. The number of ether oxygens (including phenoxy) is 1. The van der Waals surface area contributed by atoms with Crippen molar-refractivity contribution in [1.82, 2.24) is 4.90 Å². The Balaban J connectivity index is 2.17. The van der Waals surface area contributed by atoms with Crippen molar-refractivity contribution in [2.24, 2.45) is 5.73 Å². The van der Waals surface area contributed by atoms with E-state index in [0.717, 1.165) is 5.56 Å². The molecule has 0 saturated heterocycles. The van der Waals surface area contributed by atoms with Gasteiger partial charge in [0.25, 0.3) is 5.91 Å². The molecule has 2 rings (SSSR count). The van der Waals surface area contributed by atoms with Crippen LogP contribution in [0.15, 0.2) is 54.6 Å². The van der Waals surface area contributed by atoms with Crippen LogP contribution in [0.25, 0.3) is 0 Å². The lowest BCUT2D eigenvalue weighted by Gasteiger charge is -2.23. The number of rotatable bonds is 8. The Labute approximate surface area is 139 Å². The molecule has 128 valence electrons. The zero-order valence-electron chi connectivity index (χ0n) is 13.2. The van der Waals surface area contributed by atoms with Crippen LogP contribution < -0.4 is 10.5 Å². The monoisotopic (exact) mass is 334 g/mol. The zero-order chi connectivity index (χ0) is 17.4. The maximum Gasteiger partial charge on any atom is 0.387 e. The van der Waals surface area contributed by atoms with Crippen LogP contribution in [0.5, 0.6) is 5.75 Å². The molecule has 24 heavy (non-hydrogen) atoms. The topological polar surface area (TPSA) is 55.6 Å². The quantitative estimate of drug-likeness (QED) is 0.806. The molecule has 0 fully saturated rings. The van der Waals surface area contributed by atoms with Crippen molar-refractivity contribution in [3.8, 4) is 5.75 Å². The van der Waals surface area contributed by atoms with E-state index in [2.05, 4.69) is 4.74 Å². The molecule has 0 radical (unpaired) electrons. The van der Waals surface area contributed by atoms with Gasteiger partial charge in [0.15, 0.2) is 0 Å². The maximum absolute atomic E-state index is 12.7. The summed E-state index contributed by atoms with van der Waals surface area (Å²) in [6.45, 7) is -1.54. The molecule has 0 aliphatic carbocycles. The summed E-state index contributed by atoms with van der Waals surface area (Å²) in [4.78, 5) is 14.4. The third kappa shape index (κ3) is 5.31. The second kappa shape index (κ2) is 8.98. The average molecular weight is 334 g/mol. The third-order valence-corrected chi connectivity index (χ3v) is 3.44. The molecule has 6 heteroatoms. The highest BCUT2D eigenvalue weighted by Crippen LogP contribution is 2.18. The molecule has 0 aliphatic rings. The Kier molecular flexibility index (Phi) is 6.69. The Hall–Kier alpha value is -2.47. The van der Waals surface area contributed by atoms with Crippen LogP contribution in [0.1, 0.15) is 22.3 Å². The van der Waals surface area contributed by atoms with Gasteiger partial charge in [-0.05, 0) is 36.7 Å². The first-order chi connectivity index (χ1) is 11.6. The standard InChI is InChI=1S/C18H20F2N2O2/c19-18(20)24-16-9-4-8-15(12-16)17(23)22(11-5-10-21)13-14-6-2-1-3-7-14/h1-4,6-9,12,18H,5,10-11,13,21H2. The van der Waals surface area contributed by atoms with Gasteiger partial charge in [-0.15, -0.1) is 0 Å². The lowest BCUT2D eigenvalue weighted by Crippen LogP contribution is -2.32. The molecule has 2 N–H and O–H groups in total. The molecule has 0 bridgehead atoms. The number of carbonyl (C=O) groups is 1. The Bertz CT molecular complexity index is 650. The van der Waals surface area contributed by atoms with Crippen LogP contribution in [0, 0.1) is 0 Å². The van der Waals surface area contributed by atoms with Crippen LogP contribution in [0.3, 0.4) is 0 Å². The summed E-state index contributed by atoms with van der Waals surface area (Å²) >= 11 is 0. The fourth-order valence-electron chi connectivity index (χ4n) is 2.33. The molecule has 0 aromatic heterocycles. The van der Waals surface area contributed by atoms with E-state index in [9.17, 15) is 13.6 Å². The highest BCUT2D eigenvalue weighted by atomic mass is 19.3. The fourth-order valence-corrected chi connectivity index (χ4v) is 2.33. The predicted molar refractivity (Wildman–Crippen MR) is 87.9 cm³/mol. The first-order valence-electron chi connectivity index (χ1n) is 7.68. The van der Waals surface area contributed by atoms with E-state index >= 15 is 0 Å². The third-order valence-electron chi connectivity index (χ3n) is 3.44. The number of alkyl halides is 2. The fraction of sp³-hybridized carbons (Fsp3) is 0.278. The van der Waals surface area contributed by atoms with Gasteiger partial charge in [-0.3, -0.25) is 4.79 Å². The number of carbonyl (C=O) groups excluding carboxylic acids is 1. The van der Waals surface area contributed by atoms with E-state index in [1.807, 2.05) is 30.3 Å². The molecule has 2 aromatic carbocycles. The number of halogens is 2. The zero-order valence-corrected chi connectivity index (χ0v) is 13.2. The van der Waals surface area contributed by atoms with E-state index in [-0.39, 0.29) is 11.7 Å². The van der Waals surface area contributed by atoms with Crippen molar-refractivity contribution in [2.75, 3.05) is 13.1 Å². The van der Waals surface area contributed by atoms with Crippen LogP contribution in [-0.4, -0.2) is 30.5 Å². The van der Waals surface area contributed by atoms with E-state index in [1.165, 1.54) is 18.2 Å². The number of benzene rings is 2. The van der Waals surface area contributed by atoms with Gasteiger partial charge in [0.05, 0.1) is 0 Å². The Morgan fingerprint density at radius 3 is 2.54 bits per heavy atom. The molecule has 0 saturated carbocycles. The van der Waals surface area contributed by atoms with E-state index < -0.39 is 6.61 Å². The van der Waals surface area contributed by atoms with Gasteiger partial charge in [0, 0.05) is 18.7 Å². The lowest BCUT2D eigenvalue weighted by atomic mass is 10.1. The lowest BCUT2D eigenvalue weighted by molar-refractivity contribution is -0.0499. The van der Waals surface area contributed by atoms with Gasteiger partial charge in [-0.25, -0.2) is 0 Å². The summed E-state index contributed by atoms with van der Waals surface area (Å²) < 4.78 is 29.0. The molecule has 1 amide bonds. The molecule has 0 atom stereocenters. The van der Waals surface area contributed by atoms with Gasteiger partial charge < -0.3 is 15.4 Å². The first-order valence-corrected chi connectivity index (χ1v) is 7.68. The number of hydrogen-bond donors (Lipinski definition) is 1. The SMILES string of the molecule is NCCCN(Cc1ccccc1)C(=O)c1cccc(OC(F)F)c1. The highest BCUT2D eigenvalue weighted by Gasteiger charge is 2.17. The number of nitrogens with zero attached hydrogens (tertiary/aromatic N) is 1. The predicted octanol–water partition coefficient (Wildman–Crippen LogP) is 3.28. The average Bonchev–Trinajstić information content (AvgIpc) is 2.58. The maximum atomic E-state index is 12.7. The van der Waals surface area contributed by atoms with E-state index in [1.54, 1.807) is 11.0 Å². The molecule has 0 unspecified atom stereocenters. The van der Waals surface area contributed by atoms with Crippen molar-refractivity contribution in [3.63, 3.8) is 0 Å². The van der Waals surface area contributed by atoms with Gasteiger partial charge in [0.2, 0.25) is 0 Å². The molecule has 0 aliphatic heterocycles. The summed E-state index contributed by atoms with van der Waals surface area (Å²) in [6, 6.07) is 15.4. The molecular weight excluding hydrogens is 314 g/mol. The minimum Gasteiger partial charge on any atom is -0.435 e. The Morgan fingerprint density at radius 2 is 1.88 bits per heavy atom. The molecule has 0 spiro atoms. The van der Waals surface area contributed by atoms with Crippen molar-refractivity contribution in [2.45, 2.75) is 19.6 Å². The molecular formula is C18H20F2N2O2. The van der Waals surface area contributed by atoms with Crippen molar-refractivity contribution < 1.29 is 18.3 Å². The van der Waals surface area contributed by atoms with Crippen molar-refractivity contribution in [1.29, 1.82) is 0 Å². The van der Waals surface area contributed by atoms with Crippen LogP contribution in [0.2, 0.25) is 0 Å². The highest BCUT2D eigenvalue weighted by molar-refractivity contribution is 5.94. The van der Waals surface area contributed by atoms with Crippen LogP contribution >= 0.6 is 0 Å². The smallest absolute Gasteiger partial charge is 0.387 e. The number of amides is 1. The minimum absolute atomic E-state index is 0.0330. The minimum atomic E-state index is -2.92. The van der Waals surface area contributed by atoms with Gasteiger partial charge in [-0.2, -0.15) is 8.78 Å². The second-order valence-electron chi connectivity index (χ2n) is 5.26.